The number of anilines is 1. The molecule has 4 nitrogen and oxygen atoms in total. The van der Waals surface area contributed by atoms with Gasteiger partial charge in [-0.3, -0.25) is 0 Å². The van der Waals surface area contributed by atoms with Crippen LogP contribution in [0.3, 0.4) is 0 Å². The minimum absolute atomic E-state index is 0.702. The van der Waals surface area contributed by atoms with Crippen molar-refractivity contribution in [2.75, 3.05) is 45.7 Å². The summed E-state index contributed by atoms with van der Waals surface area (Å²) in [5, 5.41) is 12.5. The number of likely N-dealkylation sites (tertiary alicyclic amines) is 1. The van der Waals surface area contributed by atoms with Crippen LogP contribution in [0, 0.1) is 17.2 Å². The summed E-state index contributed by atoms with van der Waals surface area (Å²) in [6, 6.07) is 8.49. The molecule has 0 amide bonds. The van der Waals surface area contributed by atoms with Crippen LogP contribution in [-0.2, 0) is 6.54 Å². The van der Waals surface area contributed by atoms with Gasteiger partial charge in [0.25, 0.3) is 0 Å². The molecule has 0 spiro atoms. The van der Waals surface area contributed by atoms with Gasteiger partial charge in [0.2, 0.25) is 0 Å². The molecule has 1 atom stereocenters. The first kappa shape index (κ1) is 14.8. The fraction of sp³-hybridized carbons (Fsp3) is 0.562. The molecule has 0 aliphatic carbocycles. The second-order valence-electron chi connectivity index (χ2n) is 5.79. The second-order valence-corrected chi connectivity index (χ2v) is 5.79. The third-order valence-corrected chi connectivity index (χ3v) is 3.99. The average molecular weight is 272 g/mol. The van der Waals surface area contributed by atoms with E-state index in [0.29, 0.717) is 5.92 Å². The molecule has 1 unspecified atom stereocenters. The minimum atomic E-state index is 0.702. The van der Waals surface area contributed by atoms with E-state index < -0.39 is 0 Å². The van der Waals surface area contributed by atoms with Gasteiger partial charge in [0.05, 0.1) is 11.3 Å². The molecule has 108 valence electrons. The Morgan fingerprint density at radius 3 is 2.90 bits per heavy atom. The SMILES string of the molecule is CNCc1ccc(N(C)CC2CCN(C)C2)c(C#N)c1. The van der Waals surface area contributed by atoms with Crippen LogP contribution in [0.5, 0.6) is 0 Å². The monoisotopic (exact) mass is 272 g/mol. The van der Waals surface area contributed by atoms with E-state index in [2.05, 4.69) is 47.4 Å². The van der Waals surface area contributed by atoms with Gasteiger partial charge in [-0.05, 0) is 50.7 Å². The smallest absolute Gasteiger partial charge is 0.101 e. The molecule has 2 rings (SSSR count). The summed E-state index contributed by atoms with van der Waals surface area (Å²) in [5.41, 5.74) is 2.97. The molecule has 0 bridgehead atoms. The first-order valence-corrected chi connectivity index (χ1v) is 7.21. The molecule has 1 aliphatic heterocycles. The van der Waals surface area contributed by atoms with Gasteiger partial charge >= 0.3 is 0 Å². The minimum Gasteiger partial charge on any atom is -0.373 e. The van der Waals surface area contributed by atoms with Crippen molar-refractivity contribution in [1.82, 2.24) is 10.2 Å². The number of hydrogen-bond acceptors (Lipinski definition) is 4. The molecule has 0 aromatic heterocycles. The molecule has 1 N–H and O–H groups in total. The molecule has 20 heavy (non-hydrogen) atoms. The van der Waals surface area contributed by atoms with E-state index in [1.165, 1.54) is 13.0 Å². The summed E-state index contributed by atoms with van der Waals surface area (Å²) >= 11 is 0. The molecule has 0 saturated carbocycles. The van der Waals surface area contributed by atoms with E-state index in [4.69, 9.17) is 0 Å². The number of nitrogens with one attached hydrogen (secondary N) is 1. The van der Waals surface area contributed by atoms with Gasteiger partial charge in [0.1, 0.15) is 6.07 Å². The van der Waals surface area contributed by atoms with Crippen molar-refractivity contribution in [2.45, 2.75) is 13.0 Å². The molecule has 1 heterocycles. The van der Waals surface area contributed by atoms with Crippen LogP contribution in [0.1, 0.15) is 17.5 Å². The Morgan fingerprint density at radius 1 is 1.50 bits per heavy atom. The summed E-state index contributed by atoms with van der Waals surface area (Å²) in [4.78, 5) is 4.60. The third-order valence-electron chi connectivity index (χ3n) is 3.99. The predicted octanol–water partition coefficient (Wildman–Crippen LogP) is 1.67. The van der Waals surface area contributed by atoms with Crippen molar-refractivity contribution in [3.05, 3.63) is 29.3 Å². The zero-order chi connectivity index (χ0) is 14.5. The number of nitriles is 1. The highest BCUT2D eigenvalue weighted by molar-refractivity contribution is 5.60. The van der Waals surface area contributed by atoms with Crippen LogP contribution >= 0.6 is 0 Å². The maximum absolute atomic E-state index is 9.36. The van der Waals surface area contributed by atoms with Crippen LogP contribution in [0.15, 0.2) is 18.2 Å². The lowest BCUT2D eigenvalue weighted by Crippen LogP contribution is -2.27. The van der Waals surface area contributed by atoms with Gasteiger partial charge in [-0.1, -0.05) is 6.07 Å². The second kappa shape index (κ2) is 6.74. The van der Waals surface area contributed by atoms with Crippen molar-refractivity contribution >= 4 is 5.69 Å². The Bertz CT molecular complexity index is 492. The van der Waals surface area contributed by atoms with E-state index >= 15 is 0 Å². The maximum atomic E-state index is 9.36. The topological polar surface area (TPSA) is 42.3 Å². The fourth-order valence-corrected chi connectivity index (χ4v) is 2.98. The molecule has 1 aliphatic rings. The largest absolute Gasteiger partial charge is 0.373 e. The first-order valence-electron chi connectivity index (χ1n) is 7.21. The van der Waals surface area contributed by atoms with E-state index in [1.807, 2.05) is 13.1 Å². The van der Waals surface area contributed by atoms with Crippen LogP contribution in [0.25, 0.3) is 0 Å². The lowest BCUT2D eigenvalue weighted by molar-refractivity contribution is 0.396. The van der Waals surface area contributed by atoms with Gasteiger partial charge in [0.15, 0.2) is 0 Å². The normalized spacial score (nSPS) is 19.0. The Hall–Kier alpha value is -1.57. The van der Waals surface area contributed by atoms with E-state index in [1.54, 1.807) is 0 Å². The average Bonchev–Trinajstić information content (AvgIpc) is 2.84. The number of nitrogens with zero attached hydrogens (tertiary/aromatic N) is 3. The molecule has 1 aromatic rings. The highest BCUT2D eigenvalue weighted by Gasteiger charge is 2.21. The standard InChI is InChI=1S/C16H24N4/c1-18-10-13-4-5-16(15(8-13)9-17)20(3)12-14-6-7-19(2)11-14/h4-5,8,14,18H,6-7,10-12H2,1-3H3. The lowest BCUT2D eigenvalue weighted by Gasteiger charge is -2.24. The van der Waals surface area contributed by atoms with Crippen molar-refractivity contribution < 1.29 is 0 Å². The van der Waals surface area contributed by atoms with Crippen LogP contribution < -0.4 is 10.2 Å². The molecule has 4 heteroatoms. The summed E-state index contributed by atoms with van der Waals surface area (Å²) < 4.78 is 0. The molecular weight excluding hydrogens is 248 g/mol. The summed E-state index contributed by atoms with van der Waals surface area (Å²) in [7, 11) is 6.18. The quantitative estimate of drug-likeness (QED) is 0.885. The first-order chi connectivity index (χ1) is 9.63. The summed E-state index contributed by atoms with van der Waals surface area (Å²) in [6.07, 6.45) is 1.25. The zero-order valence-electron chi connectivity index (χ0n) is 12.7. The van der Waals surface area contributed by atoms with Gasteiger partial charge < -0.3 is 15.1 Å². The Kier molecular flexibility index (Phi) is 4.99. The molecule has 1 fully saturated rings. The highest BCUT2D eigenvalue weighted by atomic mass is 15.2. The fourth-order valence-electron chi connectivity index (χ4n) is 2.98. The van der Waals surface area contributed by atoms with Gasteiger partial charge in [-0.2, -0.15) is 5.26 Å². The van der Waals surface area contributed by atoms with Crippen molar-refractivity contribution in [3.63, 3.8) is 0 Å². The van der Waals surface area contributed by atoms with Gasteiger partial charge in [0, 0.05) is 26.7 Å². The van der Waals surface area contributed by atoms with E-state index in [9.17, 15) is 5.26 Å². The Labute approximate surface area is 122 Å². The lowest BCUT2D eigenvalue weighted by atomic mass is 10.1. The maximum Gasteiger partial charge on any atom is 0.101 e. The summed E-state index contributed by atoms with van der Waals surface area (Å²) in [6.45, 7) is 4.16. The van der Waals surface area contributed by atoms with Crippen molar-refractivity contribution in [2.24, 2.45) is 5.92 Å². The Balaban J connectivity index is 2.09. The summed E-state index contributed by atoms with van der Waals surface area (Å²) in [5.74, 6) is 0.702. The van der Waals surface area contributed by atoms with Gasteiger partial charge in [-0.15, -0.1) is 0 Å². The zero-order valence-corrected chi connectivity index (χ0v) is 12.7. The molecular formula is C16H24N4. The number of rotatable bonds is 5. The molecule has 1 aromatic carbocycles. The van der Waals surface area contributed by atoms with Crippen molar-refractivity contribution in [1.29, 1.82) is 5.26 Å². The van der Waals surface area contributed by atoms with Crippen LogP contribution in [0.2, 0.25) is 0 Å². The molecule has 0 radical (unpaired) electrons. The van der Waals surface area contributed by atoms with Crippen molar-refractivity contribution in [3.8, 4) is 6.07 Å². The van der Waals surface area contributed by atoms with Crippen LogP contribution in [-0.4, -0.2) is 45.7 Å². The van der Waals surface area contributed by atoms with E-state index in [-0.39, 0.29) is 0 Å². The Morgan fingerprint density at radius 2 is 2.30 bits per heavy atom. The number of hydrogen-bond donors (Lipinski definition) is 1. The van der Waals surface area contributed by atoms with Crippen LogP contribution in [0.4, 0.5) is 5.69 Å². The highest BCUT2D eigenvalue weighted by Crippen LogP contribution is 2.23. The number of benzene rings is 1. The third kappa shape index (κ3) is 3.50. The van der Waals surface area contributed by atoms with E-state index in [0.717, 1.165) is 36.4 Å². The predicted molar refractivity (Wildman–Crippen MR) is 82.8 cm³/mol. The molecule has 1 saturated heterocycles. The van der Waals surface area contributed by atoms with Gasteiger partial charge in [-0.25, -0.2) is 0 Å².